The molecule has 12 heteroatoms. The first-order chi connectivity index (χ1) is 22.2. The van der Waals surface area contributed by atoms with E-state index in [2.05, 4.69) is 20.3 Å². The van der Waals surface area contributed by atoms with E-state index < -0.39 is 23.4 Å². The van der Waals surface area contributed by atoms with Gasteiger partial charge in [-0.25, -0.2) is 13.2 Å². The zero-order valence-corrected chi connectivity index (χ0v) is 26.2. The van der Waals surface area contributed by atoms with Gasteiger partial charge in [-0.3, -0.25) is 4.98 Å². The lowest BCUT2D eigenvalue weighted by Crippen LogP contribution is -2.44. The molecule has 4 aromatic rings. The minimum absolute atomic E-state index is 0.0736. The number of anilines is 1. The quantitative estimate of drug-likeness (QED) is 0.242. The fraction of sp³-hybridized carbons (Fsp3) is 0.500. The molecule has 2 aliphatic rings. The lowest BCUT2D eigenvalue weighted by atomic mass is 9.94. The van der Waals surface area contributed by atoms with Crippen LogP contribution in [0.5, 0.6) is 11.8 Å². The number of aliphatic hydroxyl groups is 1. The number of pyridine rings is 1. The summed E-state index contributed by atoms with van der Waals surface area (Å²) < 4.78 is 57.9. The van der Waals surface area contributed by atoms with E-state index in [0.29, 0.717) is 66.5 Å². The Kier molecular flexibility index (Phi) is 9.49. The van der Waals surface area contributed by atoms with Crippen molar-refractivity contribution in [3.63, 3.8) is 0 Å². The number of phenolic OH excluding ortho intramolecular Hbond substituents is 1. The third kappa shape index (κ3) is 6.56. The molecule has 9 nitrogen and oxygen atoms in total. The molecule has 3 N–H and O–H groups in total. The second-order valence-electron chi connectivity index (χ2n) is 12.4. The molecule has 2 saturated heterocycles. The van der Waals surface area contributed by atoms with Crippen LogP contribution >= 0.6 is 0 Å². The lowest BCUT2D eigenvalue weighted by molar-refractivity contribution is -0.0284. The number of nitrogens with one attached hydrogen (secondary N) is 1. The van der Waals surface area contributed by atoms with E-state index in [0.717, 1.165) is 19.4 Å². The third-order valence-corrected chi connectivity index (χ3v) is 9.09. The smallest absolute Gasteiger partial charge is 0.319 e. The zero-order chi connectivity index (χ0) is 32.4. The van der Waals surface area contributed by atoms with E-state index in [1.54, 1.807) is 6.07 Å². The Morgan fingerprint density at radius 1 is 1.20 bits per heavy atom. The van der Waals surface area contributed by atoms with Crippen LogP contribution < -0.4 is 15.0 Å². The number of β-amino-alcohol motifs (C(OH)–C–C–N with tert-alkyl or cyclic N) is 1. The van der Waals surface area contributed by atoms with Crippen molar-refractivity contribution in [2.75, 3.05) is 50.9 Å². The van der Waals surface area contributed by atoms with E-state index in [1.807, 2.05) is 18.7 Å². The number of ether oxygens (including phenoxy) is 2. The zero-order valence-electron chi connectivity index (χ0n) is 26.2. The van der Waals surface area contributed by atoms with Gasteiger partial charge in [0, 0.05) is 24.8 Å². The van der Waals surface area contributed by atoms with E-state index in [-0.39, 0.29) is 54.2 Å². The predicted molar refractivity (Wildman–Crippen MR) is 170 cm³/mol. The topological polar surface area (TPSA) is 113 Å². The largest absolute Gasteiger partial charge is 0.508 e. The standard InChI is InChI=1S/C34H40F3N5O4/c1-3-24-27(36)8-7-21-13-23(43)14-25(28(21)24)30-29(37)31-26(16-39-30)32(42-10-11-45-19-34(44,4-2)18-42)41-33(40-31)46-17-20-6-5-9-38-15-22(35)12-20/h7-8,13-14,16,20,22,38,43-44H,3-6,9-12,15,17-19H2,1-2H3/t20-,22-,34+/m1/s1. The number of aromatic hydroxyl groups is 1. The molecule has 0 unspecified atom stereocenters. The average Bonchev–Trinajstić information content (AvgIpc) is 3.24. The molecular formula is C34H40F3N5O4. The summed E-state index contributed by atoms with van der Waals surface area (Å²) in [7, 11) is 0. The van der Waals surface area contributed by atoms with Crippen molar-refractivity contribution in [3.05, 3.63) is 47.7 Å². The maximum Gasteiger partial charge on any atom is 0.319 e. The molecule has 46 heavy (non-hydrogen) atoms. The van der Waals surface area contributed by atoms with Crippen molar-refractivity contribution in [2.24, 2.45) is 5.92 Å². The van der Waals surface area contributed by atoms with Crippen LogP contribution in [-0.4, -0.2) is 82.9 Å². The number of benzene rings is 2. The van der Waals surface area contributed by atoms with Crippen molar-refractivity contribution in [1.29, 1.82) is 0 Å². The molecule has 0 spiro atoms. The number of nitrogens with zero attached hydrogens (tertiary/aromatic N) is 4. The number of aryl methyl sites for hydroxylation is 1. The molecule has 6 rings (SSSR count). The van der Waals surface area contributed by atoms with Crippen molar-refractivity contribution in [1.82, 2.24) is 20.3 Å². The molecule has 2 aliphatic heterocycles. The highest BCUT2D eigenvalue weighted by atomic mass is 19.1. The van der Waals surface area contributed by atoms with Gasteiger partial charge in [-0.2, -0.15) is 9.97 Å². The molecule has 0 radical (unpaired) electrons. The molecule has 0 amide bonds. The number of rotatable bonds is 7. The minimum atomic E-state index is -1.16. The molecule has 246 valence electrons. The Bertz CT molecular complexity index is 1730. The number of aromatic nitrogens is 3. The lowest BCUT2D eigenvalue weighted by Gasteiger charge is -2.31. The van der Waals surface area contributed by atoms with Crippen LogP contribution in [0.2, 0.25) is 0 Å². The van der Waals surface area contributed by atoms with E-state index in [1.165, 1.54) is 24.4 Å². The molecule has 3 atom stereocenters. The summed E-state index contributed by atoms with van der Waals surface area (Å²) in [5.41, 5.74) is -0.739. The van der Waals surface area contributed by atoms with Gasteiger partial charge in [0.05, 0.1) is 31.8 Å². The molecule has 0 saturated carbocycles. The van der Waals surface area contributed by atoms with Crippen LogP contribution in [0.4, 0.5) is 19.0 Å². The molecule has 2 aromatic heterocycles. The number of fused-ring (bicyclic) bond motifs is 2. The summed E-state index contributed by atoms with van der Waals surface area (Å²) >= 11 is 0. The average molecular weight is 640 g/mol. The van der Waals surface area contributed by atoms with Gasteiger partial charge in [-0.15, -0.1) is 0 Å². The fourth-order valence-electron chi connectivity index (χ4n) is 6.54. The van der Waals surface area contributed by atoms with Crippen LogP contribution in [0.3, 0.4) is 0 Å². The summed E-state index contributed by atoms with van der Waals surface area (Å²) in [5, 5.41) is 26.1. The normalized spacial score (nSPS) is 22.9. The summed E-state index contributed by atoms with van der Waals surface area (Å²) in [6, 6.07) is 5.68. The third-order valence-electron chi connectivity index (χ3n) is 9.09. The number of halogens is 3. The maximum absolute atomic E-state index is 16.8. The van der Waals surface area contributed by atoms with Crippen molar-refractivity contribution < 1.29 is 32.9 Å². The first-order valence-electron chi connectivity index (χ1n) is 16.0. The van der Waals surface area contributed by atoms with Gasteiger partial charge in [0.25, 0.3) is 0 Å². The summed E-state index contributed by atoms with van der Waals surface area (Å²) in [5.74, 6) is -1.09. The Balaban J connectivity index is 1.49. The van der Waals surface area contributed by atoms with Crippen LogP contribution in [-0.2, 0) is 11.2 Å². The van der Waals surface area contributed by atoms with Gasteiger partial charge < -0.3 is 29.9 Å². The van der Waals surface area contributed by atoms with Crippen molar-refractivity contribution in [2.45, 2.75) is 57.7 Å². The van der Waals surface area contributed by atoms with Crippen LogP contribution in [0.1, 0.15) is 45.1 Å². The highest BCUT2D eigenvalue weighted by Crippen LogP contribution is 2.39. The summed E-state index contributed by atoms with van der Waals surface area (Å²) in [6.45, 7) is 5.84. The second kappa shape index (κ2) is 13.5. The Morgan fingerprint density at radius 2 is 2.04 bits per heavy atom. The van der Waals surface area contributed by atoms with Crippen molar-refractivity contribution >= 4 is 27.5 Å². The van der Waals surface area contributed by atoms with E-state index in [9.17, 15) is 19.0 Å². The predicted octanol–water partition coefficient (Wildman–Crippen LogP) is 5.48. The molecule has 4 heterocycles. The van der Waals surface area contributed by atoms with Crippen LogP contribution in [0.25, 0.3) is 32.9 Å². The Morgan fingerprint density at radius 3 is 2.85 bits per heavy atom. The SMILES string of the molecule is CCc1c(F)ccc2cc(O)cc(-c3ncc4c(N5CCOC[C@](O)(CC)C5)nc(OC[C@@H]5CCCNC[C@H](F)C5)nc4c3F)c12. The summed E-state index contributed by atoms with van der Waals surface area (Å²) in [6.07, 6.45) is 3.17. The first kappa shape index (κ1) is 32.2. The van der Waals surface area contributed by atoms with Crippen LogP contribution in [0, 0.1) is 17.6 Å². The van der Waals surface area contributed by atoms with Gasteiger partial charge >= 0.3 is 6.01 Å². The molecule has 2 fully saturated rings. The molecule has 0 aliphatic carbocycles. The number of hydrogen-bond donors (Lipinski definition) is 3. The molecule has 2 aromatic carbocycles. The fourth-order valence-corrected chi connectivity index (χ4v) is 6.54. The molecule has 0 bridgehead atoms. The van der Waals surface area contributed by atoms with Crippen LogP contribution in [0.15, 0.2) is 30.5 Å². The minimum Gasteiger partial charge on any atom is -0.508 e. The first-order valence-corrected chi connectivity index (χ1v) is 16.0. The van der Waals surface area contributed by atoms with Gasteiger partial charge in [0.15, 0.2) is 5.82 Å². The van der Waals surface area contributed by atoms with Gasteiger partial charge in [0.2, 0.25) is 0 Å². The number of hydrogen-bond acceptors (Lipinski definition) is 9. The second-order valence-corrected chi connectivity index (χ2v) is 12.4. The Hall–Kier alpha value is -3.74. The highest BCUT2D eigenvalue weighted by Gasteiger charge is 2.33. The molecular weight excluding hydrogens is 599 g/mol. The monoisotopic (exact) mass is 639 g/mol. The van der Waals surface area contributed by atoms with Gasteiger partial charge in [-0.1, -0.05) is 19.9 Å². The number of phenols is 1. The maximum atomic E-state index is 16.8. The highest BCUT2D eigenvalue weighted by molar-refractivity contribution is 6.01. The van der Waals surface area contributed by atoms with Gasteiger partial charge in [0.1, 0.15) is 40.4 Å². The van der Waals surface area contributed by atoms with E-state index in [4.69, 9.17) is 9.47 Å². The van der Waals surface area contributed by atoms with Gasteiger partial charge in [-0.05, 0) is 79.1 Å². The van der Waals surface area contributed by atoms with Crippen molar-refractivity contribution in [3.8, 4) is 23.0 Å². The van der Waals surface area contributed by atoms with E-state index >= 15 is 4.39 Å². The Labute approximate surface area is 265 Å². The summed E-state index contributed by atoms with van der Waals surface area (Å²) in [4.78, 5) is 15.5. The number of alkyl halides is 1.